The molecule has 1 aromatic heterocycles. The van der Waals surface area contributed by atoms with Crippen LogP contribution in [0.2, 0.25) is 5.02 Å². The van der Waals surface area contributed by atoms with Gasteiger partial charge in [0.05, 0.1) is 7.11 Å². The zero-order valence-electron chi connectivity index (χ0n) is 18.3. The Morgan fingerprint density at radius 2 is 1.81 bits per heavy atom. The van der Waals surface area contributed by atoms with Gasteiger partial charge in [-0.1, -0.05) is 18.5 Å². The summed E-state index contributed by atoms with van der Waals surface area (Å²) >= 11 is 5.96. The van der Waals surface area contributed by atoms with Crippen LogP contribution in [0.5, 0.6) is 5.75 Å². The van der Waals surface area contributed by atoms with Crippen molar-refractivity contribution in [2.45, 2.75) is 25.8 Å². The van der Waals surface area contributed by atoms with Crippen molar-refractivity contribution in [1.29, 1.82) is 0 Å². The normalized spacial score (nSPS) is 15.3. The highest BCUT2D eigenvalue weighted by molar-refractivity contribution is 6.30. The number of amides is 1. The van der Waals surface area contributed by atoms with Gasteiger partial charge < -0.3 is 14.5 Å². The van der Waals surface area contributed by atoms with Gasteiger partial charge in [-0.2, -0.15) is 4.80 Å². The van der Waals surface area contributed by atoms with Crippen molar-refractivity contribution in [2.75, 3.05) is 38.2 Å². The summed E-state index contributed by atoms with van der Waals surface area (Å²) in [4.78, 5) is 19.0. The average molecular weight is 455 g/mol. The molecule has 32 heavy (non-hydrogen) atoms. The van der Waals surface area contributed by atoms with Crippen molar-refractivity contribution in [2.24, 2.45) is 0 Å². The van der Waals surface area contributed by atoms with Gasteiger partial charge in [0.1, 0.15) is 5.75 Å². The molecule has 4 rings (SSSR count). The number of ether oxygens (including phenoxy) is 1. The molecule has 2 heterocycles. The van der Waals surface area contributed by atoms with Gasteiger partial charge in [-0.05, 0) is 66.6 Å². The standard InChI is InChI=1S/C23H27ClN6O2/c1-3-21(30-26-22(25-27-30)17-5-7-18(24)8-6-17)23(31)29-14-4-13-28(15-16-29)19-9-11-20(32-2)12-10-19/h5-12,21H,3-4,13-16H2,1-2H3. The van der Waals surface area contributed by atoms with E-state index in [0.29, 0.717) is 30.4 Å². The maximum atomic E-state index is 13.3. The Balaban J connectivity index is 1.43. The first-order valence-electron chi connectivity index (χ1n) is 10.8. The molecule has 0 saturated carbocycles. The van der Waals surface area contributed by atoms with Gasteiger partial charge in [0.2, 0.25) is 11.7 Å². The third kappa shape index (κ3) is 4.85. The fourth-order valence-electron chi connectivity index (χ4n) is 3.91. The summed E-state index contributed by atoms with van der Waals surface area (Å²) in [6, 6.07) is 14.8. The van der Waals surface area contributed by atoms with Crippen LogP contribution in [0.25, 0.3) is 11.4 Å². The molecule has 0 bridgehead atoms. The summed E-state index contributed by atoms with van der Waals surface area (Å²) in [5.74, 6) is 1.35. The number of tetrazole rings is 1. The number of benzene rings is 2. The van der Waals surface area contributed by atoms with E-state index in [2.05, 4.69) is 32.4 Å². The molecule has 0 radical (unpaired) electrons. The van der Waals surface area contributed by atoms with Gasteiger partial charge in [0, 0.05) is 42.5 Å². The third-order valence-corrected chi connectivity index (χ3v) is 5.98. The van der Waals surface area contributed by atoms with Crippen LogP contribution in [0.1, 0.15) is 25.8 Å². The lowest BCUT2D eigenvalue weighted by Crippen LogP contribution is -2.40. The highest BCUT2D eigenvalue weighted by Crippen LogP contribution is 2.23. The van der Waals surface area contributed by atoms with Crippen LogP contribution in [0.4, 0.5) is 5.69 Å². The number of hydrogen-bond acceptors (Lipinski definition) is 6. The van der Waals surface area contributed by atoms with Crippen LogP contribution in [-0.2, 0) is 4.79 Å². The molecular formula is C23H27ClN6O2. The van der Waals surface area contributed by atoms with E-state index in [1.54, 1.807) is 19.2 Å². The molecule has 0 aliphatic carbocycles. The molecule has 1 saturated heterocycles. The summed E-state index contributed by atoms with van der Waals surface area (Å²) in [5.41, 5.74) is 1.95. The largest absolute Gasteiger partial charge is 0.497 e. The predicted molar refractivity (Wildman–Crippen MR) is 124 cm³/mol. The Hall–Kier alpha value is -3.13. The lowest BCUT2D eigenvalue weighted by atomic mass is 10.2. The topological polar surface area (TPSA) is 76.4 Å². The fourth-order valence-corrected chi connectivity index (χ4v) is 4.03. The Morgan fingerprint density at radius 3 is 2.50 bits per heavy atom. The van der Waals surface area contributed by atoms with E-state index in [1.807, 2.05) is 36.1 Å². The fraction of sp³-hybridized carbons (Fsp3) is 0.391. The Kier molecular flexibility index (Phi) is 6.90. The molecule has 1 atom stereocenters. The van der Waals surface area contributed by atoms with Crippen molar-refractivity contribution in [3.63, 3.8) is 0 Å². The van der Waals surface area contributed by atoms with E-state index in [-0.39, 0.29) is 5.91 Å². The molecule has 0 spiro atoms. The Bertz CT molecular complexity index is 1040. The van der Waals surface area contributed by atoms with E-state index < -0.39 is 6.04 Å². The minimum Gasteiger partial charge on any atom is -0.497 e. The molecule has 0 N–H and O–H groups in total. The first-order valence-corrected chi connectivity index (χ1v) is 11.2. The van der Waals surface area contributed by atoms with Crippen LogP contribution in [0.3, 0.4) is 0 Å². The molecule has 1 unspecified atom stereocenters. The summed E-state index contributed by atoms with van der Waals surface area (Å²) in [6.07, 6.45) is 1.49. The number of carbonyl (C=O) groups is 1. The van der Waals surface area contributed by atoms with E-state index >= 15 is 0 Å². The lowest BCUT2D eigenvalue weighted by molar-refractivity contribution is -0.135. The number of aromatic nitrogens is 4. The van der Waals surface area contributed by atoms with Crippen LogP contribution in [0, 0.1) is 0 Å². The number of carbonyl (C=O) groups excluding carboxylic acids is 1. The molecule has 168 valence electrons. The molecule has 3 aromatic rings. The van der Waals surface area contributed by atoms with Gasteiger partial charge >= 0.3 is 0 Å². The van der Waals surface area contributed by atoms with Crippen molar-refractivity contribution in [3.8, 4) is 17.1 Å². The SMILES string of the molecule is CCC(C(=O)N1CCCN(c2ccc(OC)cc2)CC1)n1nnc(-c2ccc(Cl)cc2)n1. The molecule has 9 heteroatoms. The molecule has 8 nitrogen and oxygen atoms in total. The van der Waals surface area contributed by atoms with Crippen LogP contribution in [0.15, 0.2) is 48.5 Å². The zero-order valence-corrected chi connectivity index (χ0v) is 19.1. The summed E-state index contributed by atoms with van der Waals surface area (Å²) in [7, 11) is 1.66. The second kappa shape index (κ2) is 9.99. The van der Waals surface area contributed by atoms with Crippen molar-refractivity contribution in [3.05, 3.63) is 53.6 Å². The maximum absolute atomic E-state index is 13.3. The second-order valence-corrected chi connectivity index (χ2v) is 8.16. The molecule has 1 aliphatic rings. The summed E-state index contributed by atoms with van der Waals surface area (Å²) in [6.45, 7) is 5.00. The number of rotatable bonds is 6. The lowest BCUT2D eigenvalue weighted by Gasteiger charge is -2.26. The predicted octanol–water partition coefficient (Wildman–Crippen LogP) is 3.69. The monoisotopic (exact) mass is 454 g/mol. The van der Waals surface area contributed by atoms with E-state index in [4.69, 9.17) is 16.3 Å². The molecular weight excluding hydrogens is 428 g/mol. The summed E-state index contributed by atoms with van der Waals surface area (Å²) in [5, 5.41) is 13.5. The molecule has 1 aliphatic heterocycles. The maximum Gasteiger partial charge on any atom is 0.249 e. The smallest absolute Gasteiger partial charge is 0.249 e. The van der Waals surface area contributed by atoms with Crippen molar-refractivity contribution >= 4 is 23.2 Å². The Morgan fingerprint density at radius 1 is 1.06 bits per heavy atom. The van der Waals surface area contributed by atoms with Crippen LogP contribution >= 0.6 is 11.6 Å². The number of nitrogens with zero attached hydrogens (tertiary/aromatic N) is 6. The molecule has 1 fully saturated rings. The average Bonchev–Trinajstić information content (AvgIpc) is 3.17. The second-order valence-electron chi connectivity index (χ2n) is 7.73. The number of hydrogen-bond donors (Lipinski definition) is 0. The third-order valence-electron chi connectivity index (χ3n) is 5.73. The zero-order chi connectivity index (χ0) is 22.5. The van der Waals surface area contributed by atoms with Gasteiger partial charge in [0.15, 0.2) is 6.04 Å². The van der Waals surface area contributed by atoms with Crippen LogP contribution < -0.4 is 9.64 Å². The van der Waals surface area contributed by atoms with Gasteiger partial charge in [0.25, 0.3) is 0 Å². The van der Waals surface area contributed by atoms with Crippen LogP contribution in [-0.4, -0.2) is 64.3 Å². The van der Waals surface area contributed by atoms with Gasteiger partial charge in [-0.3, -0.25) is 4.79 Å². The Labute approximate surface area is 192 Å². The quantitative estimate of drug-likeness (QED) is 0.565. The van der Waals surface area contributed by atoms with E-state index in [9.17, 15) is 4.79 Å². The minimum atomic E-state index is -0.476. The van der Waals surface area contributed by atoms with Crippen molar-refractivity contribution in [1.82, 2.24) is 25.1 Å². The van der Waals surface area contributed by atoms with Crippen molar-refractivity contribution < 1.29 is 9.53 Å². The first-order chi connectivity index (χ1) is 15.6. The van der Waals surface area contributed by atoms with E-state index in [0.717, 1.165) is 36.5 Å². The number of anilines is 1. The number of methoxy groups -OCH3 is 1. The highest BCUT2D eigenvalue weighted by Gasteiger charge is 2.28. The molecule has 2 aromatic carbocycles. The number of halogens is 1. The summed E-state index contributed by atoms with van der Waals surface area (Å²) < 4.78 is 5.25. The minimum absolute atomic E-state index is 0.0316. The van der Waals surface area contributed by atoms with E-state index in [1.165, 1.54) is 4.80 Å². The highest BCUT2D eigenvalue weighted by atomic mass is 35.5. The van der Waals surface area contributed by atoms with Gasteiger partial charge in [-0.15, -0.1) is 10.2 Å². The van der Waals surface area contributed by atoms with Gasteiger partial charge in [-0.25, -0.2) is 0 Å². The first kappa shape index (κ1) is 22.1. The molecule has 1 amide bonds.